The van der Waals surface area contributed by atoms with Crippen LogP contribution in [0.2, 0.25) is 0 Å². The number of nitrogens with one attached hydrogen (secondary N) is 1. The molecule has 0 fully saturated rings. The first kappa shape index (κ1) is 17.9. The normalized spacial score (nSPS) is 10.4. The SMILES string of the molecule is Nc1[nH]c(=O)c(C(=O)O)c(-c2cc(Br)c(O)c([N+](=O)[O-])c2)c1C(=O)O. The first-order valence-corrected chi connectivity index (χ1v) is 7.05. The van der Waals surface area contributed by atoms with Gasteiger partial charge < -0.3 is 26.0 Å². The second kappa shape index (κ2) is 6.24. The predicted molar refractivity (Wildman–Crippen MR) is 86.8 cm³/mol. The number of hydrogen-bond donors (Lipinski definition) is 5. The van der Waals surface area contributed by atoms with Crippen LogP contribution in [-0.2, 0) is 0 Å². The zero-order valence-electron chi connectivity index (χ0n) is 11.9. The molecule has 1 heterocycles. The van der Waals surface area contributed by atoms with Gasteiger partial charge in [0.2, 0.25) is 5.75 Å². The molecule has 130 valence electrons. The maximum absolute atomic E-state index is 11.9. The van der Waals surface area contributed by atoms with Gasteiger partial charge in [-0.25, -0.2) is 9.59 Å². The van der Waals surface area contributed by atoms with Crippen LogP contribution in [0.25, 0.3) is 11.1 Å². The fraction of sp³-hybridized carbons (Fsp3) is 0. The van der Waals surface area contributed by atoms with Gasteiger partial charge in [-0.2, -0.15) is 0 Å². The number of nitrogens with zero attached hydrogens (tertiary/aromatic N) is 1. The Labute approximate surface area is 145 Å². The van der Waals surface area contributed by atoms with Crippen molar-refractivity contribution < 1.29 is 29.8 Å². The lowest BCUT2D eigenvalue weighted by Crippen LogP contribution is -2.24. The molecule has 6 N–H and O–H groups in total. The van der Waals surface area contributed by atoms with Crippen molar-refractivity contribution in [2.24, 2.45) is 0 Å². The summed E-state index contributed by atoms with van der Waals surface area (Å²) in [5, 5.41) is 39.3. The van der Waals surface area contributed by atoms with Gasteiger partial charge in [0.1, 0.15) is 16.9 Å². The first-order valence-electron chi connectivity index (χ1n) is 6.25. The number of aromatic hydroxyl groups is 1. The second-order valence-electron chi connectivity index (χ2n) is 4.69. The van der Waals surface area contributed by atoms with Crippen molar-refractivity contribution >= 4 is 39.4 Å². The smallest absolute Gasteiger partial charge is 0.342 e. The molecule has 2 rings (SSSR count). The van der Waals surface area contributed by atoms with Crippen molar-refractivity contribution in [1.29, 1.82) is 0 Å². The highest BCUT2D eigenvalue weighted by Gasteiger charge is 2.29. The quantitative estimate of drug-likeness (QED) is 0.363. The number of phenolic OH excluding ortho intramolecular Hbond substituents is 1. The van der Waals surface area contributed by atoms with Gasteiger partial charge >= 0.3 is 17.6 Å². The minimum atomic E-state index is -1.76. The Balaban J connectivity index is 3.06. The summed E-state index contributed by atoms with van der Waals surface area (Å²) < 4.78 is -0.205. The van der Waals surface area contributed by atoms with Gasteiger partial charge in [-0.3, -0.25) is 14.9 Å². The van der Waals surface area contributed by atoms with Gasteiger partial charge in [0, 0.05) is 11.6 Å². The van der Waals surface area contributed by atoms with Crippen LogP contribution < -0.4 is 11.3 Å². The molecule has 0 unspecified atom stereocenters. The molecule has 0 aliphatic carbocycles. The summed E-state index contributed by atoms with van der Waals surface area (Å²) in [5.41, 5.74) is 0.836. The summed E-state index contributed by atoms with van der Waals surface area (Å²) in [6, 6.07) is 1.78. The lowest BCUT2D eigenvalue weighted by atomic mass is 9.95. The number of rotatable bonds is 4. The molecule has 0 spiro atoms. The van der Waals surface area contributed by atoms with Gasteiger partial charge in [-0.15, -0.1) is 0 Å². The molecule has 0 saturated heterocycles. The molecule has 25 heavy (non-hydrogen) atoms. The Kier molecular flexibility index (Phi) is 4.48. The molecule has 0 aliphatic rings. The van der Waals surface area contributed by atoms with E-state index in [9.17, 15) is 39.8 Å². The summed E-state index contributed by atoms with van der Waals surface area (Å²) in [4.78, 5) is 46.8. The first-order chi connectivity index (χ1) is 11.6. The summed E-state index contributed by atoms with van der Waals surface area (Å²) in [7, 11) is 0. The number of aromatic carboxylic acids is 2. The number of pyridine rings is 1. The third kappa shape index (κ3) is 3.01. The van der Waals surface area contributed by atoms with Gasteiger partial charge in [-0.05, 0) is 27.6 Å². The number of phenols is 1. The number of halogens is 1. The van der Waals surface area contributed by atoms with Crippen LogP contribution in [0.4, 0.5) is 11.5 Å². The molecule has 0 bridgehead atoms. The van der Waals surface area contributed by atoms with E-state index in [0.29, 0.717) is 0 Å². The molecule has 0 amide bonds. The standard InChI is InChI=1S/C13H8BrN3O8/c14-4-1-3(2-5(9(4)18)17(24)25)6-7(12(20)21)10(15)16-11(19)8(6)13(22)23/h1-2,18H,(H,20,21)(H,22,23)(H3,15,16,19). The van der Waals surface area contributed by atoms with Crippen LogP contribution in [-0.4, -0.2) is 37.2 Å². The van der Waals surface area contributed by atoms with Crippen LogP contribution in [0.3, 0.4) is 0 Å². The van der Waals surface area contributed by atoms with Crippen molar-refractivity contribution in [3.05, 3.63) is 48.2 Å². The number of aromatic amines is 1. The molecular weight excluding hydrogens is 406 g/mol. The van der Waals surface area contributed by atoms with Crippen LogP contribution in [0.15, 0.2) is 21.4 Å². The number of benzene rings is 1. The molecule has 12 heteroatoms. The van der Waals surface area contributed by atoms with Crippen molar-refractivity contribution in [3.8, 4) is 16.9 Å². The summed E-state index contributed by atoms with van der Waals surface area (Å²) >= 11 is 2.86. The Hall–Kier alpha value is -3.41. The Bertz CT molecular complexity index is 998. The van der Waals surface area contributed by atoms with E-state index >= 15 is 0 Å². The monoisotopic (exact) mass is 413 g/mol. The number of nitro groups is 1. The molecule has 1 aromatic heterocycles. The van der Waals surface area contributed by atoms with Gasteiger partial charge in [0.25, 0.3) is 5.56 Å². The maximum Gasteiger partial charge on any atom is 0.342 e. The average molecular weight is 414 g/mol. The van der Waals surface area contributed by atoms with E-state index in [-0.39, 0.29) is 10.0 Å². The lowest BCUT2D eigenvalue weighted by Gasteiger charge is -2.13. The fourth-order valence-electron chi connectivity index (χ4n) is 2.20. The van der Waals surface area contributed by atoms with E-state index in [1.807, 2.05) is 4.98 Å². The molecule has 2 aromatic rings. The highest BCUT2D eigenvalue weighted by Crippen LogP contribution is 2.40. The van der Waals surface area contributed by atoms with Crippen molar-refractivity contribution in [1.82, 2.24) is 4.98 Å². The topological polar surface area (TPSA) is 197 Å². The molecule has 0 radical (unpaired) electrons. The molecule has 11 nitrogen and oxygen atoms in total. The summed E-state index contributed by atoms with van der Waals surface area (Å²) in [6.45, 7) is 0. The van der Waals surface area contributed by atoms with Gasteiger partial charge in [-0.1, -0.05) is 0 Å². The number of carbonyl (C=O) groups is 2. The zero-order chi connectivity index (χ0) is 19.0. The van der Waals surface area contributed by atoms with E-state index in [1.54, 1.807) is 0 Å². The Morgan fingerprint density at radius 1 is 1.20 bits per heavy atom. The fourth-order valence-corrected chi connectivity index (χ4v) is 2.65. The largest absolute Gasteiger partial charge is 0.501 e. The number of aromatic nitrogens is 1. The molecular formula is C13H8BrN3O8. The third-order valence-corrected chi connectivity index (χ3v) is 3.81. The molecule has 0 atom stereocenters. The van der Waals surface area contributed by atoms with E-state index < -0.39 is 56.4 Å². The zero-order valence-corrected chi connectivity index (χ0v) is 13.5. The Morgan fingerprint density at radius 2 is 1.76 bits per heavy atom. The van der Waals surface area contributed by atoms with Crippen molar-refractivity contribution in [2.75, 3.05) is 5.73 Å². The molecule has 0 saturated carbocycles. The number of nitrogen functional groups attached to an aromatic ring is 1. The minimum Gasteiger partial charge on any atom is -0.501 e. The van der Waals surface area contributed by atoms with Crippen LogP contribution >= 0.6 is 15.9 Å². The molecule has 0 aliphatic heterocycles. The highest BCUT2D eigenvalue weighted by molar-refractivity contribution is 9.10. The predicted octanol–water partition coefficient (Wildman–Crippen LogP) is 1.40. The van der Waals surface area contributed by atoms with E-state index in [2.05, 4.69) is 15.9 Å². The number of nitro benzene ring substituents is 1. The number of carboxylic acid groups (broad SMARTS) is 2. The van der Waals surface area contributed by atoms with Crippen LogP contribution in [0, 0.1) is 10.1 Å². The second-order valence-corrected chi connectivity index (χ2v) is 5.54. The average Bonchev–Trinajstić information content (AvgIpc) is 2.47. The summed E-state index contributed by atoms with van der Waals surface area (Å²) in [5.74, 6) is -4.78. The maximum atomic E-state index is 11.9. The van der Waals surface area contributed by atoms with Gasteiger partial charge in [0.15, 0.2) is 0 Å². The van der Waals surface area contributed by atoms with Gasteiger partial charge in [0.05, 0.1) is 9.40 Å². The van der Waals surface area contributed by atoms with Crippen molar-refractivity contribution in [3.63, 3.8) is 0 Å². The van der Waals surface area contributed by atoms with Crippen LogP contribution in [0.1, 0.15) is 20.7 Å². The lowest BCUT2D eigenvalue weighted by molar-refractivity contribution is -0.385. The highest BCUT2D eigenvalue weighted by atomic mass is 79.9. The summed E-state index contributed by atoms with van der Waals surface area (Å²) in [6.07, 6.45) is 0. The number of carboxylic acids is 2. The van der Waals surface area contributed by atoms with E-state index in [1.165, 1.54) is 0 Å². The number of hydrogen-bond acceptors (Lipinski definition) is 7. The number of nitrogens with two attached hydrogens (primary N) is 1. The van der Waals surface area contributed by atoms with E-state index in [4.69, 9.17) is 5.73 Å². The number of H-pyrrole nitrogens is 1. The minimum absolute atomic E-state index is 0.205. The van der Waals surface area contributed by atoms with Crippen LogP contribution in [0.5, 0.6) is 5.75 Å². The van der Waals surface area contributed by atoms with E-state index in [0.717, 1.165) is 12.1 Å². The number of anilines is 1. The third-order valence-electron chi connectivity index (χ3n) is 3.20. The van der Waals surface area contributed by atoms with Crippen molar-refractivity contribution in [2.45, 2.75) is 0 Å². The Morgan fingerprint density at radius 3 is 2.24 bits per heavy atom. The molecule has 1 aromatic carbocycles.